The first-order chi connectivity index (χ1) is 11.5. The highest BCUT2D eigenvalue weighted by atomic mass is 16.5. The van der Waals surface area contributed by atoms with Crippen molar-refractivity contribution in [2.75, 3.05) is 11.5 Å². The summed E-state index contributed by atoms with van der Waals surface area (Å²) in [7, 11) is 0. The molecule has 0 aromatic heterocycles. The van der Waals surface area contributed by atoms with E-state index in [0.29, 0.717) is 17.9 Å². The van der Waals surface area contributed by atoms with E-state index in [1.165, 1.54) is 4.90 Å². The van der Waals surface area contributed by atoms with Gasteiger partial charge >= 0.3 is 5.97 Å². The first-order valence-electron chi connectivity index (χ1n) is 7.98. The third-order valence-corrected chi connectivity index (χ3v) is 4.97. The summed E-state index contributed by atoms with van der Waals surface area (Å²) in [6, 6.07) is 6.32. The Kier molecular flexibility index (Phi) is 3.15. The lowest BCUT2D eigenvalue weighted by atomic mass is 9.78. The highest BCUT2D eigenvalue weighted by Gasteiger charge is 2.65. The number of fused-ring (bicyclic) bond motifs is 5. The van der Waals surface area contributed by atoms with E-state index in [2.05, 4.69) is 0 Å². The van der Waals surface area contributed by atoms with Gasteiger partial charge in [-0.25, -0.2) is 9.69 Å². The van der Waals surface area contributed by atoms with Gasteiger partial charge in [0, 0.05) is 0 Å². The molecule has 2 fully saturated rings. The summed E-state index contributed by atoms with van der Waals surface area (Å²) in [5, 5.41) is 0. The van der Waals surface area contributed by atoms with E-state index >= 15 is 0 Å². The fourth-order valence-corrected chi connectivity index (χ4v) is 3.87. The fraction of sp³-hybridized carbons (Fsp3) is 0.389. The molecule has 3 aliphatic rings. The van der Waals surface area contributed by atoms with E-state index < -0.39 is 23.4 Å². The van der Waals surface area contributed by atoms with Crippen LogP contribution in [0.4, 0.5) is 5.69 Å². The maximum Gasteiger partial charge on any atom is 0.338 e. The molecule has 2 bridgehead atoms. The monoisotopic (exact) mass is 327 g/mol. The van der Waals surface area contributed by atoms with Crippen LogP contribution in [0.1, 0.15) is 24.2 Å². The van der Waals surface area contributed by atoms with E-state index in [9.17, 15) is 14.4 Å². The average molecular weight is 327 g/mol. The molecule has 4 atom stereocenters. The molecule has 0 spiro atoms. The van der Waals surface area contributed by atoms with E-state index in [1.54, 1.807) is 31.2 Å². The van der Waals surface area contributed by atoms with Crippen LogP contribution in [0.5, 0.6) is 0 Å². The number of rotatable bonds is 3. The maximum atomic E-state index is 12.8. The van der Waals surface area contributed by atoms with Gasteiger partial charge in [0.1, 0.15) is 0 Å². The minimum atomic E-state index is -0.707. The summed E-state index contributed by atoms with van der Waals surface area (Å²) in [6.45, 7) is 3.87. The van der Waals surface area contributed by atoms with Gasteiger partial charge in [0.05, 0.1) is 41.4 Å². The summed E-state index contributed by atoms with van der Waals surface area (Å²) < 4.78 is 10.7. The molecule has 2 amide bonds. The molecule has 6 heteroatoms. The lowest BCUT2D eigenvalue weighted by Crippen LogP contribution is -2.38. The second-order valence-corrected chi connectivity index (χ2v) is 6.41. The molecule has 1 aromatic carbocycles. The van der Waals surface area contributed by atoms with Gasteiger partial charge in [-0.3, -0.25) is 9.59 Å². The van der Waals surface area contributed by atoms with E-state index in [-0.39, 0.29) is 17.9 Å². The number of amides is 2. The number of imide groups is 1. The number of anilines is 1. The Labute approximate surface area is 139 Å². The minimum absolute atomic E-state index is 0.244. The number of carbonyl (C=O) groups excluding carboxylic acids is 3. The van der Waals surface area contributed by atoms with Gasteiger partial charge < -0.3 is 9.47 Å². The number of carbonyl (C=O) groups is 3. The first kappa shape index (κ1) is 15.1. The van der Waals surface area contributed by atoms with E-state index in [4.69, 9.17) is 9.47 Å². The molecule has 0 radical (unpaired) electrons. The predicted molar refractivity (Wildman–Crippen MR) is 84.3 cm³/mol. The minimum Gasteiger partial charge on any atom is -0.462 e. The van der Waals surface area contributed by atoms with Gasteiger partial charge in [-0.2, -0.15) is 0 Å². The largest absolute Gasteiger partial charge is 0.462 e. The van der Waals surface area contributed by atoms with Crippen LogP contribution in [0.25, 0.3) is 0 Å². The van der Waals surface area contributed by atoms with Crippen molar-refractivity contribution in [3.8, 4) is 0 Å². The Hall–Kier alpha value is -2.47. The summed E-state index contributed by atoms with van der Waals surface area (Å²) in [4.78, 5) is 38.5. The summed E-state index contributed by atoms with van der Waals surface area (Å²) in [5.74, 6) is -1.86. The summed E-state index contributed by atoms with van der Waals surface area (Å²) in [5.41, 5.74) is 0.147. The summed E-state index contributed by atoms with van der Waals surface area (Å²) >= 11 is 0. The third kappa shape index (κ3) is 1.89. The van der Waals surface area contributed by atoms with Crippen LogP contribution >= 0.6 is 0 Å². The van der Waals surface area contributed by atoms with Crippen molar-refractivity contribution in [2.24, 2.45) is 11.8 Å². The molecular weight excluding hydrogens is 310 g/mol. The molecule has 6 nitrogen and oxygen atoms in total. The number of benzene rings is 1. The Balaban J connectivity index is 1.63. The van der Waals surface area contributed by atoms with Gasteiger partial charge in [0.2, 0.25) is 11.8 Å². The molecule has 1 aromatic rings. The topological polar surface area (TPSA) is 72.9 Å². The molecule has 0 unspecified atom stereocenters. The zero-order chi connectivity index (χ0) is 17.1. The SMILES string of the molecule is CCOC(=O)c1ccc(N2C(=O)[C@@H]3[C@@H]4C=C[C@](C)(O4)[C@@H]3C2=O)cc1. The fourth-order valence-electron chi connectivity index (χ4n) is 3.87. The van der Waals surface area contributed by atoms with Crippen LogP contribution in [-0.2, 0) is 19.1 Å². The number of esters is 1. The van der Waals surface area contributed by atoms with Gasteiger partial charge in [-0.05, 0) is 38.1 Å². The van der Waals surface area contributed by atoms with Gasteiger partial charge in [-0.1, -0.05) is 12.2 Å². The van der Waals surface area contributed by atoms with Gasteiger partial charge in [-0.15, -0.1) is 0 Å². The molecule has 24 heavy (non-hydrogen) atoms. The van der Waals surface area contributed by atoms with Crippen LogP contribution in [-0.4, -0.2) is 36.1 Å². The molecule has 0 N–H and O–H groups in total. The van der Waals surface area contributed by atoms with E-state index in [0.717, 1.165) is 0 Å². The number of nitrogens with zero attached hydrogens (tertiary/aromatic N) is 1. The van der Waals surface area contributed by atoms with Crippen LogP contribution in [0.2, 0.25) is 0 Å². The number of hydrogen-bond acceptors (Lipinski definition) is 5. The Morgan fingerprint density at radius 3 is 2.58 bits per heavy atom. The van der Waals surface area contributed by atoms with Gasteiger partial charge in [0.15, 0.2) is 0 Å². The Morgan fingerprint density at radius 2 is 1.96 bits per heavy atom. The maximum absolute atomic E-state index is 12.8. The highest BCUT2D eigenvalue weighted by molar-refractivity contribution is 6.23. The van der Waals surface area contributed by atoms with Crippen molar-refractivity contribution in [1.82, 2.24) is 0 Å². The highest BCUT2D eigenvalue weighted by Crippen LogP contribution is 2.52. The van der Waals surface area contributed by atoms with Crippen LogP contribution in [0.15, 0.2) is 36.4 Å². The number of hydrogen-bond donors (Lipinski definition) is 0. The van der Waals surface area contributed by atoms with Crippen molar-refractivity contribution in [3.63, 3.8) is 0 Å². The second-order valence-electron chi connectivity index (χ2n) is 6.41. The smallest absolute Gasteiger partial charge is 0.338 e. The second kappa shape index (κ2) is 5.01. The quantitative estimate of drug-likeness (QED) is 0.480. The first-order valence-corrected chi connectivity index (χ1v) is 7.98. The van der Waals surface area contributed by atoms with Crippen molar-refractivity contribution in [1.29, 1.82) is 0 Å². The van der Waals surface area contributed by atoms with Crippen molar-refractivity contribution in [2.45, 2.75) is 25.6 Å². The van der Waals surface area contributed by atoms with E-state index in [1.807, 2.05) is 19.1 Å². The van der Waals surface area contributed by atoms with Crippen molar-refractivity contribution >= 4 is 23.5 Å². The Bertz CT molecular complexity index is 768. The Morgan fingerprint density at radius 1 is 1.25 bits per heavy atom. The van der Waals surface area contributed by atoms with Crippen LogP contribution in [0.3, 0.4) is 0 Å². The number of ether oxygens (including phenoxy) is 2. The lowest BCUT2D eigenvalue weighted by molar-refractivity contribution is -0.126. The standard InChI is InChI=1S/C18H17NO5/c1-3-23-17(22)10-4-6-11(7-5-10)19-15(20)13-12-8-9-18(2,24-12)14(13)16(19)21/h4-9,12-14H,3H2,1-2H3/t12-,13+,14-,18-/m0/s1. The zero-order valence-electron chi connectivity index (χ0n) is 13.4. The van der Waals surface area contributed by atoms with Crippen molar-refractivity contribution in [3.05, 3.63) is 42.0 Å². The molecule has 0 saturated carbocycles. The summed E-state index contributed by atoms with van der Waals surface area (Å²) in [6.07, 6.45) is 3.40. The zero-order valence-corrected chi connectivity index (χ0v) is 13.4. The molecule has 124 valence electrons. The lowest BCUT2D eigenvalue weighted by Gasteiger charge is -2.24. The molecule has 3 aliphatic heterocycles. The molecule has 2 saturated heterocycles. The van der Waals surface area contributed by atoms with Crippen LogP contribution in [0, 0.1) is 11.8 Å². The molecule has 0 aliphatic carbocycles. The third-order valence-electron chi connectivity index (χ3n) is 4.97. The van der Waals surface area contributed by atoms with Crippen molar-refractivity contribution < 1.29 is 23.9 Å². The molecule has 3 heterocycles. The normalized spacial score (nSPS) is 33.2. The van der Waals surface area contributed by atoms with Gasteiger partial charge in [0.25, 0.3) is 0 Å². The predicted octanol–water partition coefficient (Wildman–Crippen LogP) is 1.70. The van der Waals surface area contributed by atoms with Crippen LogP contribution < -0.4 is 4.90 Å². The molecular formula is C18H17NO5. The molecule has 4 rings (SSSR count). The average Bonchev–Trinajstić information content (AvgIpc) is 3.17.